The third kappa shape index (κ3) is 5.48. The molecule has 0 radical (unpaired) electrons. The number of carbonyl (C=O) groups excluding carboxylic acids is 1. The minimum Gasteiger partial charge on any atom is -0.395 e. The molecule has 0 unspecified atom stereocenters. The number of hydrogen-bond donors (Lipinski definition) is 2. The molecule has 0 bridgehead atoms. The maximum atomic E-state index is 11.8. The predicted molar refractivity (Wildman–Crippen MR) is 75.7 cm³/mol. The molecule has 0 spiro atoms. The van der Waals surface area contributed by atoms with Gasteiger partial charge in [0.2, 0.25) is 5.91 Å². The maximum absolute atomic E-state index is 11.8. The monoisotopic (exact) mass is 335 g/mol. The van der Waals surface area contributed by atoms with Crippen LogP contribution in [-0.4, -0.2) is 47.3 Å². The number of aryl methyl sites for hydroxylation is 1. The molecule has 1 heterocycles. The Morgan fingerprint density at radius 3 is 2.44 bits per heavy atom. The summed E-state index contributed by atoms with van der Waals surface area (Å²) < 4.78 is 1.10. The van der Waals surface area contributed by atoms with Crippen LogP contribution in [0, 0.1) is 0 Å². The molecule has 18 heavy (non-hydrogen) atoms. The summed E-state index contributed by atoms with van der Waals surface area (Å²) in [5.41, 5.74) is 0. The molecule has 0 aliphatic carbocycles. The lowest BCUT2D eigenvalue weighted by molar-refractivity contribution is -0.132. The SMILES string of the molecule is O=C(CCCc1ccc(Br)s1)N(CCO)CCO. The van der Waals surface area contributed by atoms with Gasteiger partial charge in [-0.25, -0.2) is 0 Å². The first kappa shape index (κ1) is 15.6. The van der Waals surface area contributed by atoms with E-state index in [9.17, 15) is 4.79 Å². The van der Waals surface area contributed by atoms with E-state index in [4.69, 9.17) is 10.2 Å². The van der Waals surface area contributed by atoms with Gasteiger partial charge in [-0.3, -0.25) is 4.79 Å². The molecule has 0 aromatic carbocycles. The molecule has 0 atom stereocenters. The van der Waals surface area contributed by atoms with E-state index in [1.165, 1.54) is 9.78 Å². The molecule has 0 fully saturated rings. The van der Waals surface area contributed by atoms with Crippen LogP contribution in [0.5, 0.6) is 0 Å². The molecule has 2 N–H and O–H groups in total. The smallest absolute Gasteiger partial charge is 0.222 e. The van der Waals surface area contributed by atoms with E-state index < -0.39 is 0 Å². The van der Waals surface area contributed by atoms with Gasteiger partial charge in [0.05, 0.1) is 17.0 Å². The Morgan fingerprint density at radius 2 is 1.94 bits per heavy atom. The minimum absolute atomic E-state index is 0.00581. The first-order valence-electron chi connectivity index (χ1n) is 5.91. The second kappa shape index (κ2) is 8.63. The van der Waals surface area contributed by atoms with Crippen LogP contribution in [0.15, 0.2) is 15.9 Å². The zero-order valence-electron chi connectivity index (χ0n) is 10.1. The summed E-state index contributed by atoms with van der Waals surface area (Å²) in [6.07, 6.45) is 2.13. The summed E-state index contributed by atoms with van der Waals surface area (Å²) in [6.45, 7) is 0.459. The van der Waals surface area contributed by atoms with Crippen molar-refractivity contribution in [3.8, 4) is 0 Å². The van der Waals surface area contributed by atoms with E-state index in [-0.39, 0.29) is 19.1 Å². The maximum Gasteiger partial charge on any atom is 0.222 e. The van der Waals surface area contributed by atoms with Crippen molar-refractivity contribution in [2.45, 2.75) is 19.3 Å². The fraction of sp³-hybridized carbons (Fsp3) is 0.583. The number of amides is 1. The summed E-state index contributed by atoms with van der Waals surface area (Å²) in [5.74, 6) is -0.00581. The van der Waals surface area contributed by atoms with E-state index >= 15 is 0 Å². The van der Waals surface area contributed by atoms with Crippen LogP contribution in [0.25, 0.3) is 0 Å². The first-order valence-corrected chi connectivity index (χ1v) is 7.52. The van der Waals surface area contributed by atoms with Gasteiger partial charge >= 0.3 is 0 Å². The number of thiophene rings is 1. The van der Waals surface area contributed by atoms with Gasteiger partial charge in [-0.2, -0.15) is 0 Å². The van der Waals surface area contributed by atoms with Gasteiger partial charge in [0.25, 0.3) is 0 Å². The summed E-state index contributed by atoms with van der Waals surface area (Å²) in [6, 6.07) is 4.06. The van der Waals surface area contributed by atoms with Crippen molar-refractivity contribution >= 4 is 33.2 Å². The minimum atomic E-state index is -0.0659. The number of aliphatic hydroxyl groups excluding tert-OH is 2. The van der Waals surface area contributed by atoms with E-state index in [0.717, 1.165) is 16.6 Å². The number of halogens is 1. The van der Waals surface area contributed by atoms with Crippen molar-refractivity contribution in [2.24, 2.45) is 0 Å². The summed E-state index contributed by atoms with van der Waals surface area (Å²) in [4.78, 5) is 14.6. The molecular formula is C12H18BrNO3S. The highest BCUT2D eigenvalue weighted by Crippen LogP contribution is 2.23. The first-order chi connectivity index (χ1) is 8.67. The highest BCUT2D eigenvalue weighted by atomic mass is 79.9. The number of carbonyl (C=O) groups is 1. The highest BCUT2D eigenvalue weighted by Gasteiger charge is 2.12. The largest absolute Gasteiger partial charge is 0.395 e. The van der Waals surface area contributed by atoms with Gasteiger partial charge in [0, 0.05) is 24.4 Å². The van der Waals surface area contributed by atoms with Crippen LogP contribution in [0.3, 0.4) is 0 Å². The lowest BCUT2D eigenvalue weighted by atomic mass is 10.2. The van der Waals surface area contributed by atoms with E-state index in [0.29, 0.717) is 19.5 Å². The number of nitrogens with zero attached hydrogens (tertiary/aromatic N) is 1. The molecule has 6 heteroatoms. The fourth-order valence-electron chi connectivity index (χ4n) is 1.66. The van der Waals surface area contributed by atoms with Crippen molar-refractivity contribution in [3.63, 3.8) is 0 Å². The Hall–Kier alpha value is -0.430. The molecule has 1 rings (SSSR count). The Kier molecular flexibility index (Phi) is 7.50. The van der Waals surface area contributed by atoms with Gasteiger partial charge < -0.3 is 15.1 Å². The second-order valence-electron chi connectivity index (χ2n) is 3.89. The molecule has 4 nitrogen and oxygen atoms in total. The average molecular weight is 336 g/mol. The number of rotatable bonds is 8. The van der Waals surface area contributed by atoms with E-state index in [1.54, 1.807) is 11.3 Å². The third-order valence-electron chi connectivity index (χ3n) is 2.54. The van der Waals surface area contributed by atoms with Gasteiger partial charge in [-0.1, -0.05) is 0 Å². The quantitative estimate of drug-likeness (QED) is 0.759. The van der Waals surface area contributed by atoms with Crippen LogP contribution in [-0.2, 0) is 11.2 Å². The Labute approximate surface area is 119 Å². The molecule has 0 aliphatic heterocycles. The topological polar surface area (TPSA) is 60.8 Å². The van der Waals surface area contributed by atoms with Crippen LogP contribution >= 0.6 is 27.3 Å². The standard InChI is InChI=1S/C12H18BrNO3S/c13-11-5-4-10(18-11)2-1-3-12(17)14(6-8-15)7-9-16/h4-5,15-16H,1-3,6-9H2. The van der Waals surface area contributed by atoms with E-state index in [2.05, 4.69) is 22.0 Å². The van der Waals surface area contributed by atoms with Crippen molar-refractivity contribution in [1.29, 1.82) is 0 Å². The molecule has 102 valence electrons. The van der Waals surface area contributed by atoms with Crippen molar-refractivity contribution < 1.29 is 15.0 Å². The van der Waals surface area contributed by atoms with Crippen LogP contribution in [0.2, 0.25) is 0 Å². The Bertz CT molecular complexity index is 364. The number of hydrogen-bond acceptors (Lipinski definition) is 4. The third-order valence-corrected chi connectivity index (χ3v) is 4.22. The fourth-order valence-corrected chi connectivity index (χ4v) is 3.19. The van der Waals surface area contributed by atoms with Crippen molar-refractivity contribution in [1.82, 2.24) is 4.90 Å². The Morgan fingerprint density at radius 1 is 1.28 bits per heavy atom. The van der Waals surface area contributed by atoms with Crippen LogP contribution < -0.4 is 0 Å². The van der Waals surface area contributed by atoms with Crippen molar-refractivity contribution in [3.05, 3.63) is 20.8 Å². The molecular weight excluding hydrogens is 318 g/mol. The van der Waals surface area contributed by atoms with Gasteiger partial charge in [-0.15, -0.1) is 11.3 Å². The molecule has 1 aromatic heterocycles. The lowest BCUT2D eigenvalue weighted by Crippen LogP contribution is -2.35. The average Bonchev–Trinajstić information content (AvgIpc) is 2.75. The number of aliphatic hydroxyl groups is 2. The molecule has 1 amide bonds. The molecule has 0 saturated carbocycles. The summed E-state index contributed by atoms with van der Waals surface area (Å²) in [7, 11) is 0. The normalized spacial score (nSPS) is 10.6. The second-order valence-corrected chi connectivity index (χ2v) is 6.43. The molecule has 0 saturated heterocycles. The van der Waals surface area contributed by atoms with Crippen molar-refractivity contribution in [2.75, 3.05) is 26.3 Å². The van der Waals surface area contributed by atoms with Crippen LogP contribution in [0.1, 0.15) is 17.7 Å². The molecule has 1 aromatic rings. The predicted octanol–water partition coefficient (Wildman–Crippen LogP) is 1.65. The van der Waals surface area contributed by atoms with Crippen LogP contribution in [0.4, 0.5) is 0 Å². The van der Waals surface area contributed by atoms with Gasteiger partial charge in [0.1, 0.15) is 0 Å². The zero-order chi connectivity index (χ0) is 13.4. The highest BCUT2D eigenvalue weighted by molar-refractivity contribution is 9.11. The summed E-state index contributed by atoms with van der Waals surface area (Å²) >= 11 is 5.09. The Balaban J connectivity index is 2.30. The van der Waals surface area contributed by atoms with E-state index in [1.807, 2.05) is 6.07 Å². The molecule has 0 aliphatic rings. The summed E-state index contributed by atoms with van der Waals surface area (Å²) in [5, 5.41) is 17.7. The van der Waals surface area contributed by atoms with Gasteiger partial charge in [0.15, 0.2) is 0 Å². The van der Waals surface area contributed by atoms with Gasteiger partial charge in [-0.05, 0) is 40.9 Å². The zero-order valence-corrected chi connectivity index (χ0v) is 12.5. The lowest BCUT2D eigenvalue weighted by Gasteiger charge is -2.20.